The Hall–Kier alpha value is -2.22. The van der Waals surface area contributed by atoms with Crippen LogP contribution < -0.4 is 10.0 Å². The molecule has 154 valence electrons. The van der Waals surface area contributed by atoms with Gasteiger partial charge >= 0.3 is 0 Å². The summed E-state index contributed by atoms with van der Waals surface area (Å²) in [6.07, 6.45) is 10.9. The van der Waals surface area contributed by atoms with Crippen LogP contribution in [-0.4, -0.2) is 25.9 Å². The van der Waals surface area contributed by atoms with Crippen molar-refractivity contribution in [3.63, 3.8) is 0 Å². The number of carbonyl (C=O) groups is 1. The zero-order chi connectivity index (χ0) is 20.7. The Morgan fingerprint density at radius 2 is 2.07 bits per heavy atom. The highest BCUT2D eigenvalue weighted by atomic mass is 35.5. The summed E-state index contributed by atoms with van der Waals surface area (Å²) in [6.45, 7) is 0.604. The van der Waals surface area contributed by atoms with Gasteiger partial charge in [-0.3, -0.25) is 9.78 Å². The van der Waals surface area contributed by atoms with Crippen LogP contribution >= 0.6 is 11.6 Å². The molecule has 0 fully saturated rings. The van der Waals surface area contributed by atoms with Crippen LogP contribution in [0.5, 0.6) is 0 Å². The molecule has 3 rings (SSSR count). The molecule has 0 unspecified atom stereocenters. The van der Waals surface area contributed by atoms with E-state index in [1.165, 1.54) is 36.6 Å². The lowest BCUT2D eigenvalue weighted by Crippen LogP contribution is -2.26. The van der Waals surface area contributed by atoms with Crippen molar-refractivity contribution in [3.8, 4) is 0 Å². The van der Waals surface area contributed by atoms with E-state index in [2.05, 4.69) is 21.1 Å². The normalized spacial score (nSPS) is 14.3. The number of carbonyl (C=O) groups excluding carboxylic acids is 1. The molecule has 1 heterocycles. The highest BCUT2D eigenvalue weighted by molar-refractivity contribution is 7.89. The van der Waals surface area contributed by atoms with Crippen LogP contribution in [0.3, 0.4) is 0 Å². The van der Waals surface area contributed by atoms with Crippen molar-refractivity contribution in [2.24, 2.45) is 0 Å². The lowest BCUT2D eigenvalue weighted by atomic mass is 9.97. The zero-order valence-corrected chi connectivity index (χ0v) is 17.6. The fraction of sp³-hybridized carbons (Fsp3) is 0.333. The summed E-state index contributed by atoms with van der Waals surface area (Å²) >= 11 is 6.10. The fourth-order valence-corrected chi connectivity index (χ4v) is 4.72. The summed E-state index contributed by atoms with van der Waals surface area (Å²) < 4.78 is 27.8. The molecule has 2 aromatic rings. The van der Waals surface area contributed by atoms with Gasteiger partial charge in [0.05, 0.1) is 5.02 Å². The Labute approximate surface area is 176 Å². The molecular formula is C21H24ClN3O3S. The number of rotatable bonds is 8. The number of hydrogen-bond donors (Lipinski definition) is 2. The summed E-state index contributed by atoms with van der Waals surface area (Å²) in [6, 6.07) is 7.76. The number of sulfonamides is 1. The molecule has 6 nitrogen and oxygen atoms in total. The first-order valence-corrected chi connectivity index (χ1v) is 11.5. The summed E-state index contributed by atoms with van der Waals surface area (Å²) in [5.74, 6) is -0.318. The third kappa shape index (κ3) is 6.13. The second-order valence-electron chi connectivity index (χ2n) is 6.95. The summed E-state index contributed by atoms with van der Waals surface area (Å²) in [7, 11) is -3.88. The average molecular weight is 434 g/mol. The molecule has 1 aromatic carbocycles. The molecule has 0 bridgehead atoms. The summed E-state index contributed by atoms with van der Waals surface area (Å²) in [5, 5.41) is 2.92. The zero-order valence-electron chi connectivity index (χ0n) is 16.0. The van der Waals surface area contributed by atoms with E-state index < -0.39 is 10.0 Å². The summed E-state index contributed by atoms with van der Waals surface area (Å²) in [5.41, 5.74) is 2.35. The van der Waals surface area contributed by atoms with E-state index in [4.69, 9.17) is 11.6 Å². The highest BCUT2D eigenvalue weighted by Gasteiger charge is 2.20. The van der Waals surface area contributed by atoms with Gasteiger partial charge < -0.3 is 5.32 Å². The number of hydrogen-bond acceptors (Lipinski definition) is 4. The molecule has 0 aliphatic heterocycles. The molecule has 29 heavy (non-hydrogen) atoms. The van der Waals surface area contributed by atoms with E-state index in [-0.39, 0.29) is 27.9 Å². The van der Waals surface area contributed by atoms with Crippen molar-refractivity contribution in [3.05, 3.63) is 70.5 Å². The van der Waals surface area contributed by atoms with Crippen LogP contribution in [-0.2, 0) is 16.6 Å². The van der Waals surface area contributed by atoms with Gasteiger partial charge in [0.1, 0.15) is 4.90 Å². The number of allylic oxidation sites excluding steroid dienone is 1. The number of aromatic nitrogens is 1. The molecule has 8 heteroatoms. The van der Waals surface area contributed by atoms with Crippen molar-refractivity contribution >= 4 is 27.5 Å². The van der Waals surface area contributed by atoms with Crippen molar-refractivity contribution in [2.45, 2.75) is 43.5 Å². The topological polar surface area (TPSA) is 88.2 Å². The van der Waals surface area contributed by atoms with E-state index >= 15 is 0 Å². The van der Waals surface area contributed by atoms with Crippen LogP contribution in [0.1, 0.15) is 48.0 Å². The average Bonchev–Trinajstić information content (AvgIpc) is 2.74. The van der Waals surface area contributed by atoms with Gasteiger partial charge in [0.25, 0.3) is 5.91 Å². The SMILES string of the molecule is O=C(NCCC1=CCCCC1)c1ccc(Cl)c(S(=O)(=O)NCc2cccnc2)c1. The third-order valence-corrected chi connectivity index (χ3v) is 6.67. The number of nitrogens with one attached hydrogen (secondary N) is 2. The van der Waals surface area contributed by atoms with Crippen molar-refractivity contribution < 1.29 is 13.2 Å². The van der Waals surface area contributed by atoms with Gasteiger partial charge in [-0.25, -0.2) is 13.1 Å². The van der Waals surface area contributed by atoms with Crippen LogP contribution in [0.4, 0.5) is 0 Å². The van der Waals surface area contributed by atoms with Gasteiger partial charge in [0.2, 0.25) is 10.0 Å². The fourth-order valence-electron chi connectivity index (χ4n) is 3.18. The molecule has 0 atom stereocenters. The monoisotopic (exact) mass is 433 g/mol. The number of pyridine rings is 1. The number of nitrogens with zero attached hydrogens (tertiary/aromatic N) is 1. The Kier molecular flexibility index (Phi) is 7.41. The Morgan fingerprint density at radius 3 is 2.79 bits per heavy atom. The number of amides is 1. The van der Waals surface area contributed by atoms with E-state index in [0.29, 0.717) is 6.54 Å². The quantitative estimate of drug-likeness (QED) is 0.619. The van der Waals surface area contributed by atoms with E-state index in [1.807, 2.05) is 0 Å². The first-order valence-electron chi connectivity index (χ1n) is 9.60. The minimum atomic E-state index is -3.88. The van der Waals surface area contributed by atoms with Crippen LogP contribution in [0.2, 0.25) is 5.02 Å². The van der Waals surface area contributed by atoms with E-state index in [0.717, 1.165) is 24.8 Å². The van der Waals surface area contributed by atoms with Gasteiger partial charge in [-0.05, 0) is 61.9 Å². The molecule has 1 aliphatic rings. The van der Waals surface area contributed by atoms with E-state index in [1.54, 1.807) is 24.5 Å². The van der Waals surface area contributed by atoms with Crippen molar-refractivity contribution in [2.75, 3.05) is 6.54 Å². The Morgan fingerprint density at radius 1 is 1.21 bits per heavy atom. The van der Waals surface area contributed by atoms with Gasteiger partial charge in [0.15, 0.2) is 0 Å². The smallest absolute Gasteiger partial charge is 0.251 e. The third-order valence-electron chi connectivity index (χ3n) is 4.79. The lowest BCUT2D eigenvalue weighted by molar-refractivity contribution is 0.0954. The largest absolute Gasteiger partial charge is 0.352 e. The Balaban J connectivity index is 1.64. The Bertz CT molecular complexity index is 991. The molecule has 1 aromatic heterocycles. The molecule has 0 radical (unpaired) electrons. The van der Waals surface area contributed by atoms with Crippen molar-refractivity contribution in [1.29, 1.82) is 0 Å². The summed E-state index contributed by atoms with van der Waals surface area (Å²) in [4.78, 5) is 16.3. The highest BCUT2D eigenvalue weighted by Crippen LogP contribution is 2.23. The number of benzene rings is 1. The van der Waals surface area contributed by atoms with E-state index in [9.17, 15) is 13.2 Å². The molecule has 0 saturated carbocycles. The van der Waals surface area contributed by atoms with Crippen LogP contribution in [0.15, 0.2) is 59.3 Å². The van der Waals surface area contributed by atoms with Gasteiger partial charge in [0, 0.05) is 31.0 Å². The molecule has 1 amide bonds. The predicted molar refractivity (Wildman–Crippen MR) is 113 cm³/mol. The van der Waals surface area contributed by atoms with Crippen LogP contribution in [0, 0.1) is 0 Å². The first kappa shape index (κ1) is 21.5. The second kappa shape index (κ2) is 10.0. The second-order valence-corrected chi connectivity index (χ2v) is 9.09. The maximum absolute atomic E-state index is 12.7. The minimum Gasteiger partial charge on any atom is -0.352 e. The van der Waals surface area contributed by atoms with Gasteiger partial charge in [-0.2, -0.15) is 0 Å². The maximum atomic E-state index is 12.7. The molecule has 1 aliphatic carbocycles. The molecular weight excluding hydrogens is 410 g/mol. The maximum Gasteiger partial charge on any atom is 0.251 e. The van der Waals surface area contributed by atoms with Gasteiger partial charge in [-0.1, -0.05) is 29.3 Å². The number of halogens is 1. The molecule has 0 spiro atoms. The predicted octanol–water partition coefficient (Wildman–Crippen LogP) is 3.83. The van der Waals surface area contributed by atoms with Crippen LogP contribution in [0.25, 0.3) is 0 Å². The molecule has 2 N–H and O–H groups in total. The van der Waals surface area contributed by atoms with Crippen molar-refractivity contribution in [1.82, 2.24) is 15.0 Å². The standard InChI is InChI=1S/C21H24ClN3O3S/c22-19-9-8-18(21(26)24-12-10-16-5-2-1-3-6-16)13-20(19)29(27,28)25-15-17-7-4-11-23-14-17/h4-5,7-9,11,13-14,25H,1-3,6,10,12,15H2,(H,24,26). The molecule has 0 saturated heterocycles. The lowest BCUT2D eigenvalue weighted by Gasteiger charge is -2.13. The van der Waals surface area contributed by atoms with Gasteiger partial charge in [-0.15, -0.1) is 0 Å². The minimum absolute atomic E-state index is 0.0626. The first-order chi connectivity index (χ1) is 14.0.